The van der Waals surface area contributed by atoms with Crippen LogP contribution in [-0.2, 0) is 12.1 Å². The van der Waals surface area contributed by atoms with E-state index in [0.29, 0.717) is 11.8 Å². The second kappa shape index (κ2) is 6.49. The molecule has 1 heterocycles. The zero-order valence-electron chi connectivity index (χ0n) is 13.2. The van der Waals surface area contributed by atoms with Crippen molar-refractivity contribution in [2.24, 2.45) is 0 Å². The van der Waals surface area contributed by atoms with Crippen LogP contribution in [-0.4, -0.2) is 10.2 Å². The smallest absolute Gasteiger partial charge is 0.248 e. The molecule has 1 N–H and O–H groups in total. The molecule has 0 unspecified atom stereocenters. The Bertz CT molecular complexity index is 827. The van der Waals surface area contributed by atoms with E-state index in [0.717, 1.165) is 29.4 Å². The number of nitrogens with zero attached hydrogens (tertiary/aromatic N) is 2. The number of benzene rings is 2. The van der Waals surface area contributed by atoms with Gasteiger partial charge in [-0.25, -0.2) is 0 Å². The van der Waals surface area contributed by atoms with E-state index in [9.17, 15) is 0 Å². The largest absolute Gasteiger partial charge is 0.419 e. The van der Waals surface area contributed by atoms with Crippen molar-refractivity contribution in [2.45, 2.75) is 31.3 Å². The second-order valence-corrected chi connectivity index (χ2v) is 7.02. The number of rotatable bonds is 5. The Morgan fingerprint density at radius 2 is 1.75 bits per heavy atom. The number of hydrogen-bond acceptors (Lipinski definition) is 4. The molecule has 122 valence electrons. The van der Waals surface area contributed by atoms with Crippen molar-refractivity contribution in [3.8, 4) is 11.5 Å². The van der Waals surface area contributed by atoms with E-state index in [1.54, 1.807) is 0 Å². The molecule has 0 saturated heterocycles. The van der Waals surface area contributed by atoms with Gasteiger partial charge in [-0.2, -0.15) is 0 Å². The molecule has 0 atom stereocenters. The predicted molar refractivity (Wildman–Crippen MR) is 96.2 cm³/mol. The first-order chi connectivity index (χ1) is 11.8. The van der Waals surface area contributed by atoms with Crippen molar-refractivity contribution in [1.82, 2.24) is 15.5 Å². The number of hydrogen-bond donors (Lipinski definition) is 1. The summed E-state index contributed by atoms with van der Waals surface area (Å²) in [5.74, 6) is 1.25. The number of nitrogens with one attached hydrogen (secondary N) is 1. The van der Waals surface area contributed by atoms with Crippen LogP contribution in [0.3, 0.4) is 0 Å². The third-order valence-electron chi connectivity index (χ3n) is 4.62. The molecule has 1 saturated carbocycles. The molecule has 0 aliphatic heterocycles. The highest BCUT2D eigenvalue weighted by Crippen LogP contribution is 2.42. The molecule has 0 amide bonds. The first kappa shape index (κ1) is 15.5. The van der Waals surface area contributed by atoms with Crippen LogP contribution in [0.2, 0.25) is 0 Å². The minimum absolute atomic E-state index is 0.192. The summed E-state index contributed by atoms with van der Waals surface area (Å²) in [6, 6.07) is 18.3. The molecule has 0 radical (unpaired) electrons. The van der Waals surface area contributed by atoms with Gasteiger partial charge in [0.05, 0.1) is 11.1 Å². The second-order valence-electron chi connectivity index (χ2n) is 6.17. The van der Waals surface area contributed by atoms with Crippen LogP contribution in [0.25, 0.3) is 11.5 Å². The number of halogens is 1. The molecule has 1 aliphatic rings. The van der Waals surface area contributed by atoms with E-state index in [-0.39, 0.29) is 5.54 Å². The van der Waals surface area contributed by atoms with Crippen LogP contribution in [0.5, 0.6) is 0 Å². The lowest BCUT2D eigenvalue weighted by molar-refractivity contribution is 0.141. The standard InChI is InChI=1S/C19H18BrN3O/c20-16-10-5-4-9-15(16)17-22-23-18(24-17)19(11-6-12-19)21-13-14-7-2-1-3-8-14/h1-5,7-10,21H,6,11-13H2. The maximum atomic E-state index is 6.03. The highest BCUT2D eigenvalue weighted by atomic mass is 79.9. The lowest BCUT2D eigenvalue weighted by Crippen LogP contribution is -2.47. The molecular weight excluding hydrogens is 366 g/mol. The maximum Gasteiger partial charge on any atom is 0.248 e. The van der Waals surface area contributed by atoms with Gasteiger partial charge in [-0.3, -0.25) is 5.32 Å². The zero-order chi connectivity index (χ0) is 16.4. The fourth-order valence-electron chi connectivity index (χ4n) is 3.02. The summed E-state index contributed by atoms with van der Waals surface area (Å²) in [6.07, 6.45) is 3.23. The van der Waals surface area contributed by atoms with Crippen molar-refractivity contribution in [2.75, 3.05) is 0 Å². The summed E-state index contributed by atoms with van der Waals surface area (Å²) in [6.45, 7) is 0.799. The molecule has 4 nitrogen and oxygen atoms in total. The molecule has 1 aromatic heterocycles. The fourth-order valence-corrected chi connectivity index (χ4v) is 3.48. The average Bonchev–Trinajstić information content (AvgIpc) is 3.05. The van der Waals surface area contributed by atoms with Crippen molar-refractivity contribution in [3.05, 3.63) is 70.5 Å². The zero-order valence-corrected chi connectivity index (χ0v) is 14.8. The van der Waals surface area contributed by atoms with Crippen molar-refractivity contribution in [1.29, 1.82) is 0 Å². The third-order valence-corrected chi connectivity index (χ3v) is 5.31. The fraction of sp³-hybridized carbons (Fsp3) is 0.263. The first-order valence-electron chi connectivity index (χ1n) is 8.15. The van der Waals surface area contributed by atoms with Crippen molar-refractivity contribution in [3.63, 3.8) is 0 Å². The lowest BCUT2D eigenvalue weighted by Gasteiger charge is -2.39. The van der Waals surface area contributed by atoms with Gasteiger partial charge in [-0.1, -0.05) is 42.5 Å². The van der Waals surface area contributed by atoms with E-state index in [4.69, 9.17) is 4.42 Å². The SMILES string of the molecule is Brc1ccccc1-c1nnc(C2(NCc3ccccc3)CCC2)o1. The Balaban J connectivity index is 1.56. The van der Waals surface area contributed by atoms with Gasteiger partial charge in [0.2, 0.25) is 11.8 Å². The van der Waals surface area contributed by atoms with Crippen LogP contribution < -0.4 is 5.32 Å². The number of aromatic nitrogens is 2. The van der Waals surface area contributed by atoms with Crippen molar-refractivity contribution >= 4 is 15.9 Å². The Morgan fingerprint density at radius 1 is 1.00 bits per heavy atom. The van der Waals surface area contributed by atoms with Gasteiger partial charge >= 0.3 is 0 Å². The first-order valence-corrected chi connectivity index (χ1v) is 8.94. The minimum Gasteiger partial charge on any atom is -0.419 e. The van der Waals surface area contributed by atoms with E-state index in [1.807, 2.05) is 30.3 Å². The third kappa shape index (κ3) is 2.89. The summed E-state index contributed by atoms with van der Waals surface area (Å²) in [5.41, 5.74) is 1.99. The Kier molecular flexibility index (Phi) is 4.21. The van der Waals surface area contributed by atoms with Gasteiger partial charge in [-0.15, -0.1) is 10.2 Å². The molecule has 24 heavy (non-hydrogen) atoms. The molecule has 5 heteroatoms. The summed E-state index contributed by atoms with van der Waals surface area (Å²) >= 11 is 3.54. The van der Waals surface area contributed by atoms with Crippen molar-refractivity contribution < 1.29 is 4.42 Å². The van der Waals surface area contributed by atoms with Crippen LogP contribution >= 0.6 is 15.9 Å². The van der Waals surface area contributed by atoms with E-state index < -0.39 is 0 Å². The van der Waals surface area contributed by atoms with E-state index in [2.05, 4.69) is 55.7 Å². The summed E-state index contributed by atoms with van der Waals surface area (Å²) in [5, 5.41) is 12.2. The van der Waals surface area contributed by atoms with Gasteiger partial charge in [0, 0.05) is 11.0 Å². The Labute approximate surface area is 149 Å². The molecule has 2 aromatic carbocycles. The Hall–Kier alpha value is -1.98. The molecule has 4 rings (SSSR count). The summed E-state index contributed by atoms with van der Waals surface area (Å²) in [4.78, 5) is 0. The normalized spacial score (nSPS) is 15.9. The van der Waals surface area contributed by atoms with Crippen LogP contribution in [0, 0.1) is 0 Å². The molecule has 1 aliphatic carbocycles. The summed E-state index contributed by atoms with van der Waals surface area (Å²) in [7, 11) is 0. The van der Waals surface area contributed by atoms with E-state index >= 15 is 0 Å². The molecule has 3 aromatic rings. The van der Waals surface area contributed by atoms with Gasteiger partial charge < -0.3 is 4.42 Å². The molecule has 0 bridgehead atoms. The van der Waals surface area contributed by atoms with Crippen LogP contribution in [0.1, 0.15) is 30.7 Å². The van der Waals surface area contributed by atoms with Gasteiger partial charge in [0.1, 0.15) is 0 Å². The van der Waals surface area contributed by atoms with Gasteiger partial charge in [0.25, 0.3) is 0 Å². The predicted octanol–water partition coefficient (Wildman–Crippen LogP) is 4.67. The Morgan fingerprint density at radius 3 is 2.46 bits per heavy atom. The highest BCUT2D eigenvalue weighted by Gasteiger charge is 2.43. The molecule has 0 spiro atoms. The average molecular weight is 384 g/mol. The maximum absolute atomic E-state index is 6.03. The van der Waals surface area contributed by atoms with Gasteiger partial charge in [0.15, 0.2) is 0 Å². The quantitative estimate of drug-likeness (QED) is 0.695. The summed E-state index contributed by atoms with van der Waals surface area (Å²) < 4.78 is 6.99. The van der Waals surface area contributed by atoms with Gasteiger partial charge in [-0.05, 0) is 52.9 Å². The molecular formula is C19H18BrN3O. The van der Waals surface area contributed by atoms with E-state index in [1.165, 1.54) is 12.0 Å². The topological polar surface area (TPSA) is 51.0 Å². The highest BCUT2D eigenvalue weighted by molar-refractivity contribution is 9.10. The molecule has 1 fully saturated rings. The lowest BCUT2D eigenvalue weighted by atomic mass is 9.76. The monoisotopic (exact) mass is 383 g/mol. The van der Waals surface area contributed by atoms with Crippen LogP contribution in [0.15, 0.2) is 63.5 Å². The van der Waals surface area contributed by atoms with Crippen LogP contribution in [0.4, 0.5) is 0 Å². The minimum atomic E-state index is -0.192.